The van der Waals surface area contributed by atoms with Crippen LogP contribution in [0.5, 0.6) is 11.5 Å². The molecule has 3 heterocycles. The van der Waals surface area contributed by atoms with Crippen LogP contribution < -0.4 is 14.2 Å². The fourth-order valence-corrected chi connectivity index (χ4v) is 4.33. The minimum atomic E-state index is -3.67. The molecule has 1 aromatic carbocycles. The monoisotopic (exact) mass is 393 g/mol. The number of ether oxygens (including phenoxy) is 3. The Morgan fingerprint density at radius 3 is 2.81 bits per heavy atom. The summed E-state index contributed by atoms with van der Waals surface area (Å²) in [5.41, 5.74) is 0. The van der Waals surface area contributed by atoms with Crippen molar-refractivity contribution in [3.05, 3.63) is 29.9 Å². The molecule has 0 radical (unpaired) electrons. The summed E-state index contributed by atoms with van der Waals surface area (Å²) in [4.78, 5) is 4.54. The maximum Gasteiger partial charge on any atom is 0.255 e. The van der Waals surface area contributed by atoms with E-state index >= 15 is 0 Å². The Balaban J connectivity index is 1.20. The lowest BCUT2D eigenvalue weighted by Gasteiger charge is -2.13. The Hall–Kier alpha value is -2.17. The van der Waals surface area contributed by atoms with Crippen molar-refractivity contribution in [1.29, 1.82) is 0 Å². The molecular weight excluding hydrogens is 374 g/mol. The molecule has 3 aliphatic rings. The fraction of sp³-hybridized carbons (Fsp3) is 0.529. The van der Waals surface area contributed by atoms with Crippen LogP contribution in [0.4, 0.5) is 0 Å². The van der Waals surface area contributed by atoms with Crippen molar-refractivity contribution in [1.82, 2.24) is 14.9 Å². The van der Waals surface area contributed by atoms with Crippen molar-refractivity contribution in [2.45, 2.75) is 48.7 Å². The third-order valence-corrected chi connectivity index (χ3v) is 6.36. The summed E-state index contributed by atoms with van der Waals surface area (Å²) < 4.78 is 49.3. The van der Waals surface area contributed by atoms with Crippen LogP contribution in [0, 0.1) is 0 Å². The van der Waals surface area contributed by atoms with Gasteiger partial charge in [-0.1, -0.05) is 5.16 Å². The van der Waals surface area contributed by atoms with Crippen LogP contribution >= 0.6 is 0 Å². The molecule has 2 aliphatic heterocycles. The lowest BCUT2D eigenvalue weighted by Crippen LogP contribution is -2.32. The Kier molecular flexibility index (Phi) is 4.06. The number of rotatable bonds is 6. The standard InChI is InChI=1S/C17H19N3O6S/c21-27(22,12-4-6-13-15(7-12)24-9-23-13)18-8-11-3-5-14(25-11)17-19-16(20-26-17)10-1-2-10/h4,6-7,10-11,14,18H,1-3,5,8-9H2/t11-,14+/m1/s1. The van der Waals surface area contributed by atoms with Crippen LogP contribution in [0.1, 0.15) is 49.4 Å². The molecule has 1 saturated carbocycles. The number of benzene rings is 1. The lowest BCUT2D eigenvalue weighted by molar-refractivity contribution is 0.0290. The first-order valence-electron chi connectivity index (χ1n) is 8.97. The molecular formula is C17H19N3O6S. The normalized spacial score (nSPS) is 24.4. The van der Waals surface area contributed by atoms with Crippen LogP contribution in [-0.2, 0) is 14.8 Å². The molecule has 1 N–H and O–H groups in total. The Bertz CT molecular complexity index is 955. The van der Waals surface area contributed by atoms with Crippen LogP contribution in [-0.4, -0.2) is 38.0 Å². The summed E-state index contributed by atoms with van der Waals surface area (Å²) in [6, 6.07) is 4.54. The lowest BCUT2D eigenvalue weighted by atomic mass is 10.2. The van der Waals surface area contributed by atoms with E-state index in [4.69, 9.17) is 18.7 Å². The molecule has 0 unspecified atom stereocenters. The van der Waals surface area contributed by atoms with Crippen LogP contribution in [0.3, 0.4) is 0 Å². The van der Waals surface area contributed by atoms with Gasteiger partial charge in [0.15, 0.2) is 17.3 Å². The number of aromatic nitrogens is 2. The summed E-state index contributed by atoms with van der Waals surface area (Å²) in [6.45, 7) is 0.276. The Labute approximate surface area is 156 Å². The first-order chi connectivity index (χ1) is 13.1. The number of hydrogen-bond donors (Lipinski definition) is 1. The molecule has 0 spiro atoms. The zero-order chi connectivity index (χ0) is 18.4. The van der Waals surface area contributed by atoms with E-state index in [1.807, 2.05) is 0 Å². The number of sulfonamides is 1. The first kappa shape index (κ1) is 17.0. The zero-order valence-electron chi connectivity index (χ0n) is 14.5. The number of fused-ring (bicyclic) bond motifs is 1. The van der Waals surface area contributed by atoms with E-state index in [1.54, 1.807) is 6.07 Å². The van der Waals surface area contributed by atoms with Crippen molar-refractivity contribution < 1.29 is 27.2 Å². The predicted molar refractivity (Wildman–Crippen MR) is 90.9 cm³/mol. The molecule has 0 amide bonds. The van der Waals surface area contributed by atoms with Gasteiger partial charge >= 0.3 is 0 Å². The second kappa shape index (κ2) is 6.47. The molecule has 27 heavy (non-hydrogen) atoms. The van der Waals surface area contributed by atoms with Gasteiger partial charge in [-0.05, 0) is 37.8 Å². The van der Waals surface area contributed by atoms with E-state index in [0.717, 1.165) is 31.5 Å². The van der Waals surface area contributed by atoms with Gasteiger partial charge in [-0.15, -0.1) is 0 Å². The summed E-state index contributed by atoms with van der Waals surface area (Å²) in [5.74, 6) is 2.63. The highest BCUT2D eigenvalue weighted by Crippen LogP contribution is 2.40. The largest absolute Gasteiger partial charge is 0.454 e. The van der Waals surface area contributed by atoms with E-state index in [0.29, 0.717) is 23.3 Å². The van der Waals surface area contributed by atoms with Gasteiger partial charge in [0.1, 0.15) is 6.10 Å². The van der Waals surface area contributed by atoms with Gasteiger partial charge in [0.2, 0.25) is 16.8 Å². The van der Waals surface area contributed by atoms with Gasteiger partial charge < -0.3 is 18.7 Å². The molecule has 2 fully saturated rings. The second-order valence-corrected chi connectivity index (χ2v) is 8.72. The molecule has 1 aliphatic carbocycles. The average Bonchev–Trinajstić information content (AvgIpc) is 3.08. The zero-order valence-corrected chi connectivity index (χ0v) is 15.3. The molecule has 1 saturated heterocycles. The minimum absolute atomic E-state index is 0.0989. The maximum atomic E-state index is 12.5. The third-order valence-electron chi connectivity index (χ3n) is 4.94. The summed E-state index contributed by atoms with van der Waals surface area (Å²) >= 11 is 0. The smallest absolute Gasteiger partial charge is 0.255 e. The Morgan fingerprint density at radius 2 is 1.96 bits per heavy atom. The predicted octanol–water partition coefficient (Wildman–Crippen LogP) is 1.87. The van der Waals surface area contributed by atoms with Gasteiger partial charge in [0.25, 0.3) is 5.89 Å². The minimum Gasteiger partial charge on any atom is -0.454 e. The van der Waals surface area contributed by atoms with Crippen LogP contribution in [0.2, 0.25) is 0 Å². The van der Waals surface area contributed by atoms with Gasteiger partial charge in [0, 0.05) is 18.5 Å². The first-order valence-corrected chi connectivity index (χ1v) is 10.4. The highest BCUT2D eigenvalue weighted by Gasteiger charge is 2.34. The third kappa shape index (κ3) is 3.40. The fourth-order valence-electron chi connectivity index (χ4n) is 3.25. The SMILES string of the molecule is O=S(=O)(NC[C@H]1CC[C@@H](c2nc(C3CC3)no2)O1)c1ccc2c(c1)OCO2. The van der Waals surface area contributed by atoms with Crippen LogP contribution in [0.15, 0.2) is 27.6 Å². The second-order valence-electron chi connectivity index (χ2n) is 6.96. The maximum absolute atomic E-state index is 12.5. The molecule has 9 nitrogen and oxygen atoms in total. The molecule has 2 aromatic rings. The van der Waals surface area contributed by atoms with Crippen molar-refractivity contribution in [2.24, 2.45) is 0 Å². The van der Waals surface area contributed by atoms with Crippen molar-refractivity contribution >= 4 is 10.0 Å². The van der Waals surface area contributed by atoms with Crippen molar-refractivity contribution in [3.8, 4) is 11.5 Å². The summed E-state index contributed by atoms with van der Waals surface area (Å²) in [5, 5.41) is 4.00. The van der Waals surface area contributed by atoms with E-state index < -0.39 is 10.0 Å². The summed E-state index contributed by atoms with van der Waals surface area (Å²) in [7, 11) is -3.67. The molecule has 5 rings (SSSR count). The van der Waals surface area contributed by atoms with E-state index in [9.17, 15) is 8.42 Å². The van der Waals surface area contributed by atoms with E-state index in [-0.39, 0.29) is 30.4 Å². The van der Waals surface area contributed by atoms with Gasteiger partial charge in [-0.25, -0.2) is 13.1 Å². The van der Waals surface area contributed by atoms with Gasteiger partial charge in [-0.3, -0.25) is 0 Å². The van der Waals surface area contributed by atoms with Crippen LogP contribution in [0.25, 0.3) is 0 Å². The number of nitrogens with one attached hydrogen (secondary N) is 1. The van der Waals surface area contributed by atoms with Gasteiger partial charge in [-0.2, -0.15) is 4.98 Å². The van der Waals surface area contributed by atoms with Crippen molar-refractivity contribution in [3.63, 3.8) is 0 Å². The van der Waals surface area contributed by atoms with E-state index in [2.05, 4.69) is 14.9 Å². The van der Waals surface area contributed by atoms with E-state index in [1.165, 1.54) is 12.1 Å². The molecule has 144 valence electrons. The molecule has 0 bridgehead atoms. The van der Waals surface area contributed by atoms with Crippen molar-refractivity contribution in [2.75, 3.05) is 13.3 Å². The molecule has 1 aromatic heterocycles. The molecule has 10 heteroatoms. The summed E-state index contributed by atoms with van der Waals surface area (Å²) in [6.07, 6.45) is 3.14. The average molecular weight is 393 g/mol. The Morgan fingerprint density at radius 1 is 1.11 bits per heavy atom. The topological polar surface area (TPSA) is 113 Å². The number of nitrogens with zero attached hydrogens (tertiary/aromatic N) is 2. The highest BCUT2D eigenvalue weighted by molar-refractivity contribution is 7.89. The van der Waals surface area contributed by atoms with Gasteiger partial charge in [0.05, 0.1) is 11.0 Å². The molecule has 2 atom stereocenters. The highest BCUT2D eigenvalue weighted by atomic mass is 32.2. The quantitative estimate of drug-likeness (QED) is 0.791. The number of hydrogen-bond acceptors (Lipinski definition) is 8.